The number of hydrogen-bond donors (Lipinski definition) is 1. The largest absolute Gasteiger partial charge is 0.467 e. The van der Waals surface area contributed by atoms with Crippen LogP contribution in [0.2, 0.25) is 5.15 Å². The van der Waals surface area contributed by atoms with Gasteiger partial charge in [0.05, 0.1) is 18.8 Å². The summed E-state index contributed by atoms with van der Waals surface area (Å²) in [6.07, 6.45) is 1.64. The first-order valence-corrected chi connectivity index (χ1v) is 8.86. The fourth-order valence-corrected chi connectivity index (χ4v) is 3.71. The van der Waals surface area contributed by atoms with Gasteiger partial charge in [0.25, 0.3) is 0 Å². The van der Waals surface area contributed by atoms with Crippen LogP contribution in [-0.2, 0) is 0 Å². The van der Waals surface area contributed by atoms with Crippen LogP contribution < -0.4 is 10.1 Å². The predicted octanol–water partition coefficient (Wildman–Crippen LogP) is 3.20. The molecule has 2 aromatic heterocycles. The van der Waals surface area contributed by atoms with Gasteiger partial charge in [-0.05, 0) is 43.1 Å². The number of benzene rings is 1. The lowest BCUT2D eigenvalue weighted by atomic mass is 9.85. The molecule has 6 nitrogen and oxygen atoms in total. The molecule has 1 N–H and O–H groups in total. The molecule has 0 unspecified atom stereocenters. The predicted molar refractivity (Wildman–Crippen MR) is 98.1 cm³/mol. The Kier molecular flexibility index (Phi) is 4.50. The van der Waals surface area contributed by atoms with E-state index >= 15 is 0 Å². The van der Waals surface area contributed by atoms with Gasteiger partial charge >= 0.3 is 6.01 Å². The molecule has 0 aliphatic carbocycles. The molecule has 0 spiro atoms. The van der Waals surface area contributed by atoms with Gasteiger partial charge in [-0.1, -0.05) is 11.6 Å². The molecule has 0 amide bonds. The fourth-order valence-electron chi connectivity index (χ4n) is 3.54. The van der Waals surface area contributed by atoms with Crippen molar-refractivity contribution in [1.29, 1.82) is 0 Å². The van der Waals surface area contributed by atoms with Gasteiger partial charge in [0, 0.05) is 23.9 Å². The lowest BCUT2D eigenvalue weighted by molar-refractivity contribution is 0.231. The Hall–Kier alpha value is -2.25. The van der Waals surface area contributed by atoms with E-state index in [1.165, 1.54) is 7.11 Å². The normalized spacial score (nSPS) is 20.5. The topological polar surface area (TPSA) is 64.9 Å². The number of aromatic nitrogens is 4. The zero-order valence-electron chi connectivity index (χ0n) is 14.5. The van der Waals surface area contributed by atoms with E-state index in [1.807, 2.05) is 19.1 Å². The Morgan fingerprint density at radius 3 is 2.92 bits per heavy atom. The first-order chi connectivity index (χ1) is 12.6. The second-order valence-corrected chi connectivity index (χ2v) is 6.86. The Balaban J connectivity index is 1.85. The van der Waals surface area contributed by atoms with E-state index in [0.29, 0.717) is 12.4 Å². The van der Waals surface area contributed by atoms with Crippen molar-refractivity contribution in [2.24, 2.45) is 0 Å². The summed E-state index contributed by atoms with van der Waals surface area (Å²) in [5, 5.41) is 8.77. The quantitative estimate of drug-likeness (QED) is 0.712. The number of methoxy groups -OCH3 is 1. The molecule has 3 heterocycles. The zero-order chi connectivity index (χ0) is 18.3. The second kappa shape index (κ2) is 6.81. The maximum Gasteiger partial charge on any atom is 0.319 e. The van der Waals surface area contributed by atoms with Crippen molar-refractivity contribution in [3.8, 4) is 11.8 Å². The number of ether oxygens (including phenoxy) is 1. The highest BCUT2D eigenvalue weighted by Gasteiger charge is 2.28. The number of piperidine rings is 1. The number of nitrogens with one attached hydrogen (secondary N) is 1. The lowest BCUT2D eigenvalue weighted by Crippen LogP contribution is -2.36. The molecule has 1 saturated heterocycles. The summed E-state index contributed by atoms with van der Waals surface area (Å²) in [5.41, 5.74) is 2.94. The van der Waals surface area contributed by atoms with Gasteiger partial charge in [-0.3, -0.25) is 0 Å². The summed E-state index contributed by atoms with van der Waals surface area (Å²) in [6.45, 7) is 3.23. The van der Waals surface area contributed by atoms with Gasteiger partial charge in [-0.2, -0.15) is 15.1 Å². The first kappa shape index (κ1) is 17.2. The molecule has 3 aromatic rings. The molecule has 0 saturated carbocycles. The third kappa shape index (κ3) is 3.01. The summed E-state index contributed by atoms with van der Waals surface area (Å²) < 4.78 is 21.3. The van der Waals surface area contributed by atoms with Crippen LogP contribution in [0.3, 0.4) is 0 Å². The smallest absolute Gasteiger partial charge is 0.319 e. The fraction of sp³-hybridized carbons (Fsp3) is 0.389. The maximum absolute atomic E-state index is 14.5. The molecule has 4 rings (SSSR count). The number of alkyl halides is 1. The van der Waals surface area contributed by atoms with E-state index in [2.05, 4.69) is 20.4 Å². The first-order valence-electron chi connectivity index (χ1n) is 8.49. The van der Waals surface area contributed by atoms with Crippen LogP contribution in [0.25, 0.3) is 16.7 Å². The van der Waals surface area contributed by atoms with Crippen LogP contribution >= 0.6 is 11.6 Å². The van der Waals surface area contributed by atoms with E-state index in [-0.39, 0.29) is 17.1 Å². The Morgan fingerprint density at radius 1 is 1.31 bits per heavy atom. The van der Waals surface area contributed by atoms with E-state index in [9.17, 15) is 4.39 Å². The van der Waals surface area contributed by atoms with Crippen molar-refractivity contribution in [1.82, 2.24) is 25.1 Å². The Morgan fingerprint density at radius 2 is 2.15 bits per heavy atom. The standard InChI is InChI=1S/C18H19ClFN5O/c1-10-5-11-8-22-25(17-7-16(19)23-18(24-17)26-2)15(11)6-13(10)12-3-4-21-9-14(12)20/h5-8,12,14,21H,3-4,9H2,1-2H3/t12-,14-/m1/s1. The van der Waals surface area contributed by atoms with Crippen molar-refractivity contribution in [2.75, 3.05) is 20.2 Å². The van der Waals surface area contributed by atoms with Gasteiger partial charge in [-0.25, -0.2) is 9.07 Å². The highest BCUT2D eigenvalue weighted by Crippen LogP contribution is 2.33. The zero-order valence-corrected chi connectivity index (χ0v) is 15.3. The minimum Gasteiger partial charge on any atom is -0.467 e. The third-order valence-electron chi connectivity index (χ3n) is 4.82. The summed E-state index contributed by atoms with van der Waals surface area (Å²) in [4.78, 5) is 8.31. The average molecular weight is 376 g/mol. The number of aryl methyl sites for hydroxylation is 1. The molecule has 26 heavy (non-hydrogen) atoms. The molecule has 1 aliphatic rings. The van der Waals surface area contributed by atoms with Gasteiger partial charge < -0.3 is 10.1 Å². The summed E-state index contributed by atoms with van der Waals surface area (Å²) >= 11 is 6.07. The highest BCUT2D eigenvalue weighted by molar-refractivity contribution is 6.29. The van der Waals surface area contributed by atoms with Crippen LogP contribution in [0.1, 0.15) is 23.5 Å². The Labute approximate surface area is 155 Å². The van der Waals surface area contributed by atoms with Crippen molar-refractivity contribution < 1.29 is 9.13 Å². The van der Waals surface area contributed by atoms with Gasteiger partial charge in [-0.15, -0.1) is 0 Å². The van der Waals surface area contributed by atoms with Gasteiger partial charge in [0.15, 0.2) is 5.82 Å². The van der Waals surface area contributed by atoms with E-state index in [0.717, 1.165) is 35.0 Å². The summed E-state index contributed by atoms with van der Waals surface area (Å²) in [7, 11) is 1.48. The van der Waals surface area contributed by atoms with E-state index in [1.54, 1.807) is 16.9 Å². The SMILES string of the molecule is COc1nc(Cl)cc(-n2ncc3cc(C)c([C@H]4CCNC[C@H]4F)cc32)n1. The van der Waals surface area contributed by atoms with E-state index in [4.69, 9.17) is 16.3 Å². The highest BCUT2D eigenvalue weighted by atomic mass is 35.5. The molecular formula is C18H19ClFN5O. The van der Waals surface area contributed by atoms with Crippen LogP contribution in [0, 0.1) is 6.92 Å². The number of rotatable bonds is 3. The number of halogens is 2. The number of nitrogens with zero attached hydrogens (tertiary/aromatic N) is 4. The van der Waals surface area contributed by atoms with Crippen molar-refractivity contribution in [3.05, 3.63) is 40.7 Å². The molecule has 2 atom stereocenters. The summed E-state index contributed by atoms with van der Waals surface area (Å²) in [5.74, 6) is 0.390. The van der Waals surface area contributed by atoms with Crippen LogP contribution in [0.5, 0.6) is 6.01 Å². The second-order valence-electron chi connectivity index (χ2n) is 6.47. The van der Waals surface area contributed by atoms with Crippen LogP contribution in [0.15, 0.2) is 24.4 Å². The average Bonchev–Trinajstić information content (AvgIpc) is 3.03. The lowest BCUT2D eigenvalue weighted by Gasteiger charge is -2.28. The van der Waals surface area contributed by atoms with Crippen LogP contribution in [-0.4, -0.2) is 46.1 Å². The Bertz CT molecular complexity index is 960. The molecule has 0 bridgehead atoms. The molecule has 0 radical (unpaired) electrons. The third-order valence-corrected chi connectivity index (χ3v) is 5.02. The number of hydrogen-bond acceptors (Lipinski definition) is 5. The molecular weight excluding hydrogens is 357 g/mol. The van der Waals surface area contributed by atoms with E-state index < -0.39 is 6.17 Å². The molecule has 1 aromatic carbocycles. The minimum atomic E-state index is -0.898. The molecule has 8 heteroatoms. The van der Waals surface area contributed by atoms with Gasteiger partial charge in [0.1, 0.15) is 11.3 Å². The van der Waals surface area contributed by atoms with Crippen molar-refractivity contribution >= 4 is 22.5 Å². The monoisotopic (exact) mass is 375 g/mol. The molecule has 1 aliphatic heterocycles. The number of fused-ring (bicyclic) bond motifs is 1. The van der Waals surface area contributed by atoms with Crippen LogP contribution in [0.4, 0.5) is 4.39 Å². The van der Waals surface area contributed by atoms with Gasteiger partial charge in [0.2, 0.25) is 0 Å². The summed E-state index contributed by atoms with van der Waals surface area (Å²) in [6, 6.07) is 5.86. The minimum absolute atomic E-state index is 0.118. The van der Waals surface area contributed by atoms with Crippen molar-refractivity contribution in [2.45, 2.75) is 25.4 Å². The van der Waals surface area contributed by atoms with Crippen molar-refractivity contribution in [3.63, 3.8) is 0 Å². The maximum atomic E-state index is 14.5. The molecule has 1 fully saturated rings. The molecule has 136 valence electrons.